The number of amides is 3. The average molecular weight is 313 g/mol. The van der Waals surface area contributed by atoms with E-state index in [1.807, 2.05) is 54.6 Å². The van der Waals surface area contributed by atoms with E-state index in [0.717, 1.165) is 17.1 Å². The number of primary amides is 1. The Bertz CT molecular complexity index is 657. The molecule has 0 saturated carbocycles. The van der Waals surface area contributed by atoms with Gasteiger partial charge in [-0.1, -0.05) is 30.3 Å². The van der Waals surface area contributed by atoms with Gasteiger partial charge in [0.25, 0.3) is 0 Å². The highest BCUT2D eigenvalue weighted by atomic mass is 16.5. The van der Waals surface area contributed by atoms with Crippen molar-refractivity contribution >= 4 is 11.9 Å². The van der Waals surface area contributed by atoms with E-state index in [2.05, 4.69) is 10.6 Å². The minimum atomic E-state index is -0.727. The number of nitrogens with one attached hydrogen (secondary N) is 2. The molecule has 2 rings (SSSR count). The average Bonchev–Trinajstić information content (AvgIpc) is 2.54. The van der Waals surface area contributed by atoms with Crippen LogP contribution in [-0.4, -0.2) is 18.0 Å². The van der Waals surface area contributed by atoms with Crippen molar-refractivity contribution in [3.05, 3.63) is 60.2 Å². The maximum Gasteiger partial charge on any atom is 0.312 e. The second kappa shape index (κ2) is 7.84. The van der Waals surface area contributed by atoms with Crippen LogP contribution in [0.2, 0.25) is 0 Å². The first-order valence-electron chi connectivity index (χ1n) is 7.20. The van der Waals surface area contributed by atoms with Crippen molar-refractivity contribution < 1.29 is 14.3 Å². The molecule has 0 aliphatic heterocycles. The molecule has 0 heterocycles. The molecule has 0 spiro atoms. The Hall–Kier alpha value is -3.02. The van der Waals surface area contributed by atoms with Gasteiger partial charge in [0.15, 0.2) is 0 Å². The van der Waals surface area contributed by atoms with Crippen LogP contribution in [0.1, 0.15) is 12.5 Å². The molecule has 6 nitrogen and oxygen atoms in total. The molecular formula is C17H19N3O3. The van der Waals surface area contributed by atoms with E-state index in [4.69, 9.17) is 10.5 Å². The Balaban J connectivity index is 1.85. The number of carbonyl (C=O) groups is 2. The minimum Gasteiger partial charge on any atom is -0.457 e. The van der Waals surface area contributed by atoms with E-state index in [0.29, 0.717) is 6.54 Å². The summed E-state index contributed by atoms with van der Waals surface area (Å²) in [6.07, 6.45) is 0. The molecule has 2 aromatic carbocycles. The molecule has 0 bridgehead atoms. The molecule has 0 aliphatic carbocycles. The van der Waals surface area contributed by atoms with Gasteiger partial charge in [0.05, 0.1) is 0 Å². The summed E-state index contributed by atoms with van der Waals surface area (Å²) in [7, 11) is 0. The maximum absolute atomic E-state index is 11.8. The van der Waals surface area contributed by atoms with E-state index >= 15 is 0 Å². The summed E-state index contributed by atoms with van der Waals surface area (Å²) in [6, 6.07) is 15.5. The third-order valence-electron chi connectivity index (χ3n) is 3.12. The van der Waals surface area contributed by atoms with Gasteiger partial charge < -0.3 is 21.1 Å². The zero-order valence-corrected chi connectivity index (χ0v) is 12.8. The molecule has 0 fully saturated rings. The van der Waals surface area contributed by atoms with Crippen molar-refractivity contribution in [2.24, 2.45) is 5.73 Å². The van der Waals surface area contributed by atoms with Crippen LogP contribution in [0.4, 0.5) is 4.79 Å². The minimum absolute atomic E-state index is 0.298. The second-order valence-corrected chi connectivity index (χ2v) is 5.01. The predicted octanol–water partition coefficient (Wildman–Crippen LogP) is 2.15. The first-order valence-corrected chi connectivity index (χ1v) is 7.20. The van der Waals surface area contributed by atoms with E-state index in [1.54, 1.807) is 6.92 Å². The van der Waals surface area contributed by atoms with Gasteiger partial charge in [0, 0.05) is 6.54 Å². The normalized spacial score (nSPS) is 11.3. The van der Waals surface area contributed by atoms with Crippen molar-refractivity contribution in [2.45, 2.75) is 19.5 Å². The maximum atomic E-state index is 11.8. The number of hydrogen-bond acceptors (Lipinski definition) is 3. The second-order valence-electron chi connectivity index (χ2n) is 5.01. The van der Waals surface area contributed by atoms with Crippen molar-refractivity contribution in [3.63, 3.8) is 0 Å². The lowest BCUT2D eigenvalue weighted by molar-refractivity contribution is -0.122. The van der Waals surface area contributed by atoms with Gasteiger partial charge in [-0.3, -0.25) is 4.79 Å². The summed E-state index contributed by atoms with van der Waals surface area (Å²) in [4.78, 5) is 22.4. The van der Waals surface area contributed by atoms with Crippen LogP contribution in [0.25, 0.3) is 0 Å². The topological polar surface area (TPSA) is 93.5 Å². The van der Waals surface area contributed by atoms with Crippen molar-refractivity contribution in [1.29, 1.82) is 0 Å². The van der Waals surface area contributed by atoms with Crippen LogP contribution >= 0.6 is 0 Å². The highest BCUT2D eigenvalue weighted by Gasteiger charge is 2.13. The zero-order chi connectivity index (χ0) is 16.7. The molecular weight excluding hydrogens is 294 g/mol. The lowest BCUT2D eigenvalue weighted by Gasteiger charge is -2.12. The number of para-hydroxylation sites is 1. The molecule has 2 aromatic rings. The number of benzene rings is 2. The fraction of sp³-hybridized carbons (Fsp3) is 0.176. The smallest absolute Gasteiger partial charge is 0.312 e. The number of urea groups is 1. The molecule has 23 heavy (non-hydrogen) atoms. The van der Waals surface area contributed by atoms with Crippen LogP contribution in [0.15, 0.2) is 54.6 Å². The van der Waals surface area contributed by atoms with Gasteiger partial charge in [0.2, 0.25) is 5.91 Å². The molecule has 0 saturated heterocycles. The summed E-state index contributed by atoms with van der Waals surface area (Å²) in [5.74, 6) is 1.18. The lowest BCUT2D eigenvalue weighted by Crippen LogP contribution is -2.46. The van der Waals surface area contributed by atoms with Crippen LogP contribution in [0.3, 0.4) is 0 Å². The molecule has 0 radical (unpaired) electrons. The van der Waals surface area contributed by atoms with E-state index in [-0.39, 0.29) is 5.91 Å². The third-order valence-corrected chi connectivity index (χ3v) is 3.12. The fourth-order valence-corrected chi connectivity index (χ4v) is 1.92. The summed E-state index contributed by atoms with van der Waals surface area (Å²) in [5.41, 5.74) is 5.90. The quantitative estimate of drug-likeness (QED) is 0.763. The first-order chi connectivity index (χ1) is 11.0. The Morgan fingerprint density at radius 3 is 2.26 bits per heavy atom. The van der Waals surface area contributed by atoms with E-state index < -0.39 is 12.1 Å². The Kier molecular flexibility index (Phi) is 5.57. The number of nitrogens with two attached hydrogens (primary N) is 1. The van der Waals surface area contributed by atoms with Gasteiger partial charge in [0.1, 0.15) is 17.5 Å². The number of ether oxygens (including phenoxy) is 1. The monoisotopic (exact) mass is 313 g/mol. The van der Waals surface area contributed by atoms with Gasteiger partial charge in [-0.15, -0.1) is 0 Å². The number of carbonyl (C=O) groups excluding carboxylic acids is 2. The van der Waals surface area contributed by atoms with Gasteiger partial charge in [-0.2, -0.15) is 0 Å². The van der Waals surface area contributed by atoms with Crippen LogP contribution in [0.5, 0.6) is 11.5 Å². The lowest BCUT2D eigenvalue weighted by atomic mass is 10.2. The highest BCUT2D eigenvalue weighted by molar-refractivity contribution is 5.86. The first kappa shape index (κ1) is 16.4. The number of hydrogen-bond donors (Lipinski definition) is 3. The molecule has 120 valence electrons. The standard InChI is InChI=1S/C17H19N3O3/c1-12(20-17(18)22)16(21)19-11-13-7-9-15(10-8-13)23-14-5-3-2-4-6-14/h2-10,12H,11H2,1H3,(H,19,21)(H3,18,20,22). The molecule has 6 heteroatoms. The fourth-order valence-electron chi connectivity index (χ4n) is 1.92. The molecule has 3 amide bonds. The van der Waals surface area contributed by atoms with Gasteiger partial charge >= 0.3 is 6.03 Å². The third kappa shape index (κ3) is 5.35. The van der Waals surface area contributed by atoms with Crippen molar-refractivity contribution in [1.82, 2.24) is 10.6 Å². The summed E-state index contributed by atoms with van der Waals surface area (Å²) in [6.45, 7) is 1.92. The Morgan fingerprint density at radius 1 is 1.04 bits per heavy atom. The predicted molar refractivity (Wildman–Crippen MR) is 87.0 cm³/mol. The SMILES string of the molecule is CC(NC(N)=O)C(=O)NCc1ccc(Oc2ccccc2)cc1. The largest absolute Gasteiger partial charge is 0.457 e. The summed E-state index contributed by atoms with van der Waals surface area (Å²) in [5, 5.41) is 5.05. The Morgan fingerprint density at radius 2 is 1.65 bits per heavy atom. The molecule has 0 aliphatic rings. The van der Waals surface area contributed by atoms with Crippen LogP contribution in [0, 0.1) is 0 Å². The van der Waals surface area contributed by atoms with Crippen molar-refractivity contribution in [2.75, 3.05) is 0 Å². The van der Waals surface area contributed by atoms with Gasteiger partial charge in [-0.25, -0.2) is 4.79 Å². The molecule has 1 atom stereocenters. The van der Waals surface area contributed by atoms with E-state index in [1.165, 1.54) is 0 Å². The molecule has 0 aromatic heterocycles. The summed E-state index contributed by atoms with van der Waals surface area (Å²) < 4.78 is 5.69. The number of rotatable bonds is 6. The molecule has 1 unspecified atom stereocenters. The van der Waals surface area contributed by atoms with Crippen LogP contribution < -0.4 is 21.1 Å². The van der Waals surface area contributed by atoms with Crippen molar-refractivity contribution in [3.8, 4) is 11.5 Å². The van der Waals surface area contributed by atoms with Crippen LogP contribution in [-0.2, 0) is 11.3 Å². The highest BCUT2D eigenvalue weighted by Crippen LogP contribution is 2.20. The summed E-state index contributed by atoms with van der Waals surface area (Å²) >= 11 is 0. The Labute approximate surface area is 134 Å². The van der Waals surface area contributed by atoms with Gasteiger partial charge in [-0.05, 0) is 36.8 Å². The molecule has 4 N–H and O–H groups in total. The zero-order valence-electron chi connectivity index (χ0n) is 12.8. The van der Waals surface area contributed by atoms with E-state index in [9.17, 15) is 9.59 Å².